The van der Waals surface area contributed by atoms with Gasteiger partial charge in [0.15, 0.2) is 0 Å². The van der Waals surface area contributed by atoms with Crippen LogP contribution >= 0.6 is 11.8 Å². The van der Waals surface area contributed by atoms with Gasteiger partial charge in [-0.1, -0.05) is 0 Å². The lowest BCUT2D eigenvalue weighted by atomic mass is 10.2. The van der Waals surface area contributed by atoms with Crippen molar-refractivity contribution in [1.82, 2.24) is 9.80 Å². The Kier molecular flexibility index (Phi) is 5.13. The van der Waals surface area contributed by atoms with Crippen LogP contribution in [-0.2, 0) is 9.53 Å². The van der Waals surface area contributed by atoms with E-state index in [1.54, 1.807) is 11.8 Å². The van der Waals surface area contributed by atoms with Crippen molar-refractivity contribution < 1.29 is 9.53 Å². The fourth-order valence-corrected chi connectivity index (χ4v) is 2.90. The smallest absolute Gasteiger partial charge is 0.232 e. The largest absolute Gasteiger partial charge is 0.377 e. The van der Waals surface area contributed by atoms with Gasteiger partial charge in [0.25, 0.3) is 0 Å². The standard InChI is InChI=1S/C12H22N2O2S/c1-17-10-12(15)14-6-4-13(5-7-14)9-11-3-2-8-16-11/h11H,2-10H2,1H3. The van der Waals surface area contributed by atoms with Crippen molar-refractivity contribution in [3.8, 4) is 0 Å². The zero-order valence-corrected chi connectivity index (χ0v) is 11.4. The average Bonchev–Trinajstić information content (AvgIpc) is 2.83. The summed E-state index contributed by atoms with van der Waals surface area (Å²) < 4.78 is 5.64. The Hall–Kier alpha value is -0.260. The van der Waals surface area contributed by atoms with Crippen LogP contribution in [0, 0.1) is 0 Å². The van der Waals surface area contributed by atoms with Crippen LogP contribution in [0.3, 0.4) is 0 Å². The number of rotatable bonds is 4. The van der Waals surface area contributed by atoms with Gasteiger partial charge in [-0.25, -0.2) is 0 Å². The minimum absolute atomic E-state index is 0.286. The topological polar surface area (TPSA) is 32.8 Å². The molecule has 2 heterocycles. The summed E-state index contributed by atoms with van der Waals surface area (Å²) in [5, 5.41) is 0. The summed E-state index contributed by atoms with van der Waals surface area (Å²) in [6, 6.07) is 0. The lowest BCUT2D eigenvalue weighted by Crippen LogP contribution is -2.50. The summed E-state index contributed by atoms with van der Waals surface area (Å²) in [4.78, 5) is 16.1. The Balaban J connectivity index is 1.68. The molecule has 1 unspecified atom stereocenters. The molecule has 98 valence electrons. The number of thioether (sulfide) groups is 1. The van der Waals surface area contributed by atoms with Crippen LogP contribution < -0.4 is 0 Å². The fraction of sp³-hybridized carbons (Fsp3) is 0.917. The minimum Gasteiger partial charge on any atom is -0.377 e. The van der Waals surface area contributed by atoms with Crippen LogP contribution in [0.4, 0.5) is 0 Å². The lowest BCUT2D eigenvalue weighted by molar-refractivity contribution is -0.130. The number of carbonyl (C=O) groups is 1. The van der Waals surface area contributed by atoms with E-state index < -0.39 is 0 Å². The predicted octanol–water partition coefficient (Wildman–Crippen LogP) is 0.673. The molecule has 17 heavy (non-hydrogen) atoms. The molecule has 0 aromatic rings. The van der Waals surface area contributed by atoms with Gasteiger partial charge in [-0.2, -0.15) is 11.8 Å². The minimum atomic E-state index is 0.286. The van der Waals surface area contributed by atoms with Gasteiger partial charge in [-0.3, -0.25) is 9.69 Å². The molecule has 0 spiro atoms. The highest BCUT2D eigenvalue weighted by atomic mass is 32.2. The van der Waals surface area contributed by atoms with Gasteiger partial charge < -0.3 is 9.64 Å². The molecule has 1 amide bonds. The number of ether oxygens (including phenoxy) is 1. The Morgan fingerprint density at radius 3 is 2.71 bits per heavy atom. The van der Waals surface area contributed by atoms with Gasteiger partial charge in [0, 0.05) is 39.3 Å². The van der Waals surface area contributed by atoms with Gasteiger partial charge in [-0.15, -0.1) is 0 Å². The summed E-state index contributed by atoms with van der Waals surface area (Å²) in [6.07, 6.45) is 4.82. The molecule has 2 saturated heterocycles. The maximum atomic E-state index is 11.7. The third-order valence-electron chi connectivity index (χ3n) is 3.48. The van der Waals surface area contributed by atoms with Crippen LogP contribution in [0.1, 0.15) is 12.8 Å². The normalized spacial score (nSPS) is 26.4. The molecule has 2 fully saturated rings. The van der Waals surface area contributed by atoms with Gasteiger partial charge >= 0.3 is 0 Å². The average molecular weight is 258 g/mol. The summed E-state index contributed by atoms with van der Waals surface area (Å²) in [5.41, 5.74) is 0. The van der Waals surface area contributed by atoms with E-state index in [9.17, 15) is 4.79 Å². The van der Waals surface area contributed by atoms with E-state index in [4.69, 9.17) is 4.74 Å². The van der Waals surface area contributed by atoms with E-state index in [1.165, 1.54) is 12.8 Å². The molecule has 0 bridgehead atoms. The van der Waals surface area contributed by atoms with Crippen LogP contribution in [-0.4, -0.2) is 73.2 Å². The number of amides is 1. The quantitative estimate of drug-likeness (QED) is 0.742. The zero-order chi connectivity index (χ0) is 12.1. The van der Waals surface area contributed by atoms with Crippen molar-refractivity contribution in [2.45, 2.75) is 18.9 Å². The monoisotopic (exact) mass is 258 g/mol. The third-order valence-corrected chi connectivity index (χ3v) is 4.01. The Bertz CT molecular complexity index is 249. The molecule has 4 nitrogen and oxygen atoms in total. The van der Waals surface area contributed by atoms with E-state index in [2.05, 4.69) is 4.90 Å². The second kappa shape index (κ2) is 6.61. The van der Waals surface area contributed by atoms with Crippen molar-refractivity contribution in [2.24, 2.45) is 0 Å². The van der Waals surface area contributed by atoms with Crippen LogP contribution in [0.2, 0.25) is 0 Å². The Morgan fingerprint density at radius 1 is 1.35 bits per heavy atom. The lowest BCUT2D eigenvalue weighted by Gasteiger charge is -2.35. The van der Waals surface area contributed by atoms with Gasteiger partial charge in [-0.05, 0) is 19.1 Å². The molecule has 0 saturated carbocycles. The van der Waals surface area contributed by atoms with Gasteiger partial charge in [0.05, 0.1) is 11.9 Å². The molecule has 0 aliphatic carbocycles. The molecule has 2 aliphatic rings. The molecule has 0 radical (unpaired) electrons. The summed E-state index contributed by atoms with van der Waals surface area (Å²) in [6.45, 7) is 5.74. The van der Waals surface area contributed by atoms with Crippen molar-refractivity contribution in [3.63, 3.8) is 0 Å². The molecule has 1 atom stereocenters. The zero-order valence-electron chi connectivity index (χ0n) is 10.6. The van der Waals surface area contributed by atoms with Gasteiger partial charge in [0.1, 0.15) is 0 Å². The maximum Gasteiger partial charge on any atom is 0.232 e. The molecular formula is C12H22N2O2S. The van der Waals surface area contributed by atoms with Crippen molar-refractivity contribution >= 4 is 17.7 Å². The SMILES string of the molecule is CSCC(=O)N1CCN(CC2CCCO2)CC1. The molecule has 5 heteroatoms. The Morgan fingerprint density at radius 2 is 2.12 bits per heavy atom. The summed E-state index contributed by atoms with van der Waals surface area (Å²) >= 11 is 1.61. The van der Waals surface area contributed by atoms with E-state index in [0.29, 0.717) is 11.9 Å². The number of hydrogen-bond acceptors (Lipinski definition) is 4. The van der Waals surface area contributed by atoms with E-state index in [-0.39, 0.29) is 5.91 Å². The predicted molar refractivity (Wildman–Crippen MR) is 70.4 cm³/mol. The van der Waals surface area contributed by atoms with Gasteiger partial charge in [0.2, 0.25) is 5.91 Å². The molecule has 0 aromatic carbocycles. The van der Waals surface area contributed by atoms with Crippen molar-refractivity contribution in [2.75, 3.05) is 51.3 Å². The Labute approximate surface area is 108 Å². The van der Waals surface area contributed by atoms with E-state index in [1.807, 2.05) is 11.2 Å². The van der Waals surface area contributed by atoms with Crippen molar-refractivity contribution in [3.05, 3.63) is 0 Å². The highest BCUT2D eigenvalue weighted by Gasteiger charge is 2.24. The first-order chi connectivity index (χ1) is 8.29. The first-order valence-electron chi connectivity index (χ1n) is 6.40. The highest BCUT2D eigenvalue weighted by molar-refractivity contribution is 7.99. The molecule has 0 aromatic heterocycles. The maximum absolute atomic E-state index is 11.7. The molecule has 0 N–H and O–H groups in total. The second-order valence-corrected chi connectivity index (χ2v) is 5.62. The fourth-order valence-electron chi connectivity index (χ4n) is 2.47. The van der Waals surface area contributed by atoms with Crippen LogP contribution in [0.25, 0.3) is 0 Å². The molecule has 2 rings (SSSR count). The third kappa shape index (κ3) is 3.86. The second-order valence-electron chi connectivity index (χ2n) is 4.75. The summed E-state index contributed by atoms with van der Waals surface area (Å²) in [7, 11) is 0. The first kappa shape index (κ1) is 13.2. The number of nitrogens with zero attached hydrogens (tertiary/aromatic N) is 2. The number of carbonyl (C=O) groups excluding carboxylic acids is 1. The summed E-state index contributed by atoms with van der Waals surface area (Å²) in [5.74, 6) is 0.903. The number of piperazine rings is 1. The molecule has 2 aliphatic heterocycles. The van der Waals surface area contributed by atoms with Crippen molar-refractivity contribution in [1.29, 1.82) is 0 Å². The van der Waals surface area contributed by atoms with E-state index in [0.717, 1.165) is 39.3 Å². The van der Waals surface area contributed by atoms with Crippen LogP contribution in [0.15, 0.2) is 0 Å². The van der Waals surface area contributed by atoms with Crippen LogP contribution in [0.5, 0.6) is 0 Å². The molecular weight excluding hydrogens is 236 g/mol. The number of hydrogen-bond donors (Lipinski definition) is 0. The highest BCUT2D eigenvalue weighted by Crippen LogP contribution is 2.14. The first-order valence-corrected chi connectivity index (χ1v) is 7.79. The van der Waals surface area contributed by atoms with E-state index >= 15 is 0 Å².